The van der Waals surface area contributed by atoms with Gasteiger partial charge in [-0.25, -0.2) is 0 Å². The monoisotopic (exact) mass is 226 g/mol. The van der Waals surface area contributed by atoms with Crippen LogP contribution in [0.5, 0.6) is 0 Å². The van der Waals surface area contributed by atoms with Crippen molar-refractivity contribution in [3.8, 4) is 0 Å². The van der Waals surface area contributed by atoms with E-state index in [1.54, 1.807) is 0 Å². The molecule has 1 aliphatic rings. The van der Waals surface area contributed by atoms with Crippen molar-refractivity contribution in [3.63, 3.8) is 0 Å². The second kappa shape index (κ2) is 8.08. The molecule has 0 aromatic rings. The Morgan fingerprint density at radius 2 is 1.94 bits per heavy atom. The lowest BCUT2D eigenvalue weighted by atomic mass is 10.2. The second-order valence-corrected chi connectivity index (χ2v) is 5.23. The number of hydrogen-bond donors (Lipinski definition) is 1. The summed E-state index contributed by atoms with van der Waals surface area (Å²) < 4.78 is 0. The average Bonchev–Trinajstić information content (AvgIpc) is 3.09. The summed E-state index contributed by atoms with van der Waals surface area (Å²) in [7, 11) is 0. The van der Waals surface area contributed by atoms with Crippen molar-refractivity contribution < 1.29 is 0 Å². The maximum absolute atomic E-state index is 3.60. The van der Waals surface area contributed by atoms with Crippen molar-refractivity contribution in [1.29, 1.82) is 0 Å². The maximum atomic E-state index is 3.60. The highest BCUT2D eigenvalue weighted by Crippen LogP contribution is 2.28. The van der Waals surface area contributed by atoms with Crippen molar-refractivity contribution >= 4 is 0 Å². The lowest BCUT2D eigenvalue weighted by Crippen LogP contribution is -2.42. The summed E-state index contributed by atoms with van der Waals surface area (Å²) in [6.45, 7) is 10.6. The van der Waals surface area contributed by atoms with Crippen LogP contribution in [0.15, 0.2) is 0 Å². The SMILES string of the molecule is CCCCCNCC(C)N(CCC)C1CC1. The van der Waals surface area contributed by atoms with Crippen molar-refractivity contribution in [2.75, 3.05) is 19.6 Å². The van der Waals surface area contributed by atoms with Crippen LogP contribution in [0.25, 0.3) is 0 Å². The molecule has 2 nitrogen and oxygen atoms in total. The topological polar surface area (TPSA) is 15.3 Å². The van der Waals surface area contributed by atoms with Crippen molar-refractivity contribution in [2.45, 2.75) is 71.4 Å². The molecule has 0 bridgehead atoms. The minimum Gasteiger partial charge on any atom is -0.315 e. The highest BCUT2D eigenvalue weighted by Gasteiger charge is 2.30. The zero-order valence-corrected chi connectivity index (χ0v) is 11.5. The molecule has 1 N–H and O–H groups in total. The molecule has 2 heteroatoms. The zero-order valence-electron chi connectivity index (χ0n) is 11.5. The third-order valence-corrected chi connectivity index (χ3v) is 3.46. The van der Waals surface area contributed by atoms with Gasteiger partial charge in [0.15, 0.2) is 0 Å². The number of unbranched alkanes of at least 4 members (excludes halogenated alkanes) is 2. The summed E-state index contributed by atoms with van der Waals surface area (Å²) in [5, 5.41) is 3.60. The molecule has 1 aliphatic carbocycles. The molecule has 16 heavy (non-hydrogen) atoms. The van der Waals surface area contributed by atoms with Gasteiger partial charge in [-0.2, -0.15) is 0 Å². The van der Waals surface area contributed by atoms with Crippen LogP contribution >= 0.6 is 0 Å². The van der Waals surface area contributed by atoms with Crippen molar-refractivity contribution in [1.82, 2.24) is 10.2 Å². The Kier molecular flexibility index (Phi) is 7.06. The Morgan fingerprint density at radius 1 is 1.19 bits per heavy atom. The van der Waals surface area contributed by atoms with Crippen LogP contribution in [0.3, 0.4) is 0 Å². The van der Waals surface area contributed by atoms with Gasteiger partial charge in [0.05, 0.1) is 0 Å². The molecule has 0 aromatic heterocycles. The summed E-state index contributed by atoms with van der Waals surface area (Å²) in [6.07, 6.45) is 8.17. The predicted molar refractivity (Wildman–Crippen MR) is 71.9 cm³/mol. The quantitative estimate of drug-likeness (QED) is 0.576. The predicted octanol–water partition coefficient (Wildman–Crippen LogP) is 3.03. The molecule has 0 aromatic carbocycles. The Labute approximate surface area is 102 Å². The molecule has 1 atom stereocenters. The number of rotatable bonds is 10. The van der Waals surface area contributed by atoms with E-state index >= 15 is 0 Å². The molecule has 0 aliphatic heterocycles. The molecular formula is C14H30N2. The molecule has 1 saturated carbocycles. The van der Waals surface area contributed by atoms with E-state index in [4.69, 9.17) is 0 Å². The van der Waals surface area contributed by atoms with Crippen molar-refractivity contribution in [2.24, 2.45) is 0 Å². The molecular weight excluding hydrogens is 196 g/mol. The fourth-order valence-corrected chi connectivity index (χ4v) is 2.36. The van der Waals surface area contributed by atoms with E-state index in [-0.39, 0.29) is 0 Å². The molecule has 96 valence electrons. The van der Waals surface area contributed by atoms with Crippen LogP contribution in [0.1, 0.15) is 59.3 Å². The molecule has 0 spiro atoms. The number of nitrogens with one attached hydrogen (secondary N) is 1. The third kappa shape index (κ3) is 5.31. The van der Waals surface area contributed by atoms with Crippen LogP contribution < -0.4 is 5.32 Å². The van der Waals surface area contributed by atoms with Gasteiger partial charge in [0, 0.05) is 18.6 Å². The molecule has 0 amide bonds. The van der Waals surface area contributed by atoms with E-state index in [9.17, 15) is 0 Å². The van der Waals surface area contributed by atoms with Crippen molar-refractivity contribution in [3.05, 3.63) is 0 Å². The largest absolute Gasteiger partial charge is 0.315 e. The van der Waals surface area contributed by atoms with Gasteiger partial charge < -0.3 is 5.32 Å². The first kappa shape index (κ1) is 14.0. The molecule has 0 saturated heterocycles. The molecule has 1 fully saturated rings. The minimum absolute atomic E-state index is 0.717. The van der Waals surface area contributed by atoms with Gasteiger partial charge >= 0.3 is 0 Å². The third-order valence-electron chi connectivity index (χ3n) is 3.46. The summed E-state index contributed by atoms with van der Waals surface area (Å²) in [5.41, 5.74) is 0. The average molecular weight is 226 g/mol. The van der Waals surface area contributed by atoms with Crippen LogP contribution in [0.4, 0.5) is 0 Å². The van der Waals surface area contributed by atoms with Gasteiger partial charge in [0.2, 0.25) is 0 Å². The summed E-state index contributed by atoms with van der Waals surface area (Å²) in [4.78, 5) is 2.70. The fourth-order valence-electron chi connectivity index (χ4n) is 2.36. The first-order valence-corrected chi connectivity index (χ1v) is 7.26. The highest BCUT2D eigenvalue weighted by atomic mass is 15.2. The summed E-state index contributed by atoms with van der Waals surface area (Å²) in [5.74, 6) is 0. The van der Waals surface area contributed by atoms with Crippen LogP contribution in [-0.2, 0) is 0 Å². The van der Waals surface area contributed by atoms with Crippen LogP contribution in [0.2, 0.25) is 0 Å². The maximum Gasteiger partial charge on any atom is 0.0195 e. The van der Waals surface area contributed by atoms with Gasteiger partial charge in [0.1, 0.15) is 0 Å². The Bertz CT molecular complexity index is 166. The molecule has 1 rings (SSSR count). The summed E-state index contributed by atoms with van der Waals surface area (Å²) in [6, 6.07) is 1.63. The van der Waals surface area contributed by atoms with Gasteiger partial charge in [-0.1, -0.05) is 26.7 Å². The van der Waals surface area contributed by atoms with E-state index in [0.717, 1.165) is 6.04 Å². The van der Waals surface area contributed by atoms with E-state index in [1.807, 2.05) is 0 Å². The normalized spacial score (nSPS) is 18.0. The molecule has 1 unspecified atom stereocenters. The first-order valence-electron chi connectivity index (χ1n) is 7.26. The molecule has 0 radical (unpaired) electrons. The fraction of sp³-hybridized carbons (Fsp3) is 1.00. The Hall–Kier alpha value is -0.0800. The van der Waals surface area contributed by atoms with E-state index in [1.165, 1.54) is 58.2 Å². The van der Waals surface area contributed by atoms with Gasteiger partial charge in [-0.15, -0.1) is 0 Å². The number of hydrogen-bond acceptors (Lipinski definition) is 2. The lowest BCUT2D eigenvalue weighted by Gasteiger charge is -2.29. The summed E-state index contributed by atoms with van der Waals surface area (Å²) >= 11 is 0. The Morgan fingerprint density at radius 3 is 2.50 bits per heavy atom. The van der Waals surface area contributed by atoms with Crippen LogP contribution in [-0.4, -0.2) is 36.6 Å². The van der Waals surface area contributed by atoms with Gasteiger partial charge in [-0.05, 0) is 45.7 Å². The smallest absolute Gasteiger partial charge is 0.0195 e. The van der Waals surface area contributed by atoms with E-state index in [2.05, 4.69) is 31.0 Å². The number of nitrogens with zero attached hydrogens (tertiary/aromatic N) is 1. The van der Waals surface area contributed by atoms with E-state index < -0.39 is 0 Å². The Balaban J connectivity index is 2.08. The first-order chi connectivity index (χ1) is 7.79. The molecule has 0 heterocycles. The standard InChI is InChI=1S/C14H30N2/c1-4-6-7-10-15-12-13(3)16(11-5-2)14-8-9-14/h13-15H,4-12H2,1-3H3. The van der Waals surface area contributed by atoms with E-state index in [0.29, 0.717) is 6.04 Å². The second-order valence-electron chi connectivity index (χ2n) is 5.23. The van der Waals surface area contributed by atoms with Crippen LogP contribution in [0, 0.1) is 0 Å². The van der Waals surface area contributed by atoms with Gasteiger partial charge in [-0.3, -0.25) is 4.90 Å². The minimum atomic E-state index is 0.717. The highest BCUT2D eigenvalue weighted by molar-refractivity contribution is 4.87. The zero-order chi connectivity index (χ0) is 11.8. The van der Waals surface area contributed by atoms with Gasteiger partial charge in [0.25, 0.3) is 0 Å². The lowest BCUT2D eigenvalue weighted by molar-refractivity contribution is 0.194.